The van der Waals surface area contributed by atoms with E-state index in [1.807, 2.05) is 0 Å². The highest BCUT2D eigenvalue weighted by atomic mass is 35.5. The largest absolute Gasteiger partial charge is 0.386 e. The highest BCUT2D eigenvalue weighted by Gasteiger charge is 2.31. The number of aryl methyl sites for hydroxylation is 1. The molecule has 2 heterocycles. The molecule has 0 saturated carbocycles. The van der Waals surface area contributed by atoms with Crippen LogP contribution in [0.4, 0.5) is 0 Å². The number of thiophene rings is 1. The molecule has 0 amide bonds. The van der Waals surface area contributed by atoms with Crippen LogP contribution in [0.15, 0.2) is 17.6 Å². The number of ether oxygens (including phenoxy) is 1. The molecule has 3 rings (SSSR count). The summed E-state index contributed by atoms with van der Waals surface area (Å²) in [5.41, 5.74) is 1.98. The van der Waals surface area contributed by atoms with Gasteiger partial charge in [-0.1, -0.05) is 11.6 Å². The van der Waals surface area contributed by atoms with E-state index < -0.39 is 6.10 Å². The number of rotatable bonds is 5. The molecule has 114 valence electrons. The first-order chi connectivity index (χ1) is 10.2. The number of aliphatic hydroxyl groups is 1. The van der Waals surface area contributed by atoms with Crippen molar-refractivity contribution >= 4 is 22.9 Å². The number of aliphatic hydroxyl groups excluding tert-OH is 1. The number of hydrogen-bond acceptors (Lipinski definition) is 4. The lowest BCUT2D eigenvalue weighted by Crippen LogP contribution is -2.20. The standard InChI is InChI=1S/C15H19ClN2O2S/c1-20-7-6-18-14(12(16)9-17-18)15(19)11-3-2-4-13-10(11)5-8-21-13/h5,8-9,11,15,19H,2-4,6-7H2,1H3. The Bertz CT molecular complexity index is 611. The topological polar surface area (TPSA) is 47.3 Å². The number of hydrogen-bond donors (Lipinski definition) is 1. The maximum Gasteiger partial charge on any atom is 0.104 e. The number of halogens is 1. The van der Waals surface area contributed by atoms with Gasteiger partial charge >= 0.3 is 0 Å². The van der Waals surface area contributed by atoms with Crippen molar-refractivity contribution in [1.29, 1.82) is 0 Å². The Kier molecular flexibility index (Phi) is 4.64. The van der Waals surface area contributed by atoms with Crippen LogP contribution in [-0.2, 0) is 17.7 Å². The van der Waals surface area contributed by atoms with Gasteiger partial charge < -0.3 is 9.84 Å². The summed E-state index contributed by atoms with van der Waals surface area (Å²) in [6.07, 6.45) is 4.20. The third-order valence-electron chi connectivity index (χ3n) is 4.10. The average molecular weight is 327 g/mol. The Morgan fingerprint density at radius 1 is 1.62 bits per heavy atom. The van der Waals surface area contributed by atoms with Gasteiger partial charge in [-0.3, -0.25) is 4.68 Å². The maximum absolute atomic E-state index is 10.9. The molecule has 6 heteroatoms. The van der Waals surface area contributed by atoms with Crippen molar-refractivity contribution in [3.63, 3.8) is 0 Å². The summed E-state index contributed by atoms with van der Waals surface area (Å²) in [6, 6.07) is 2.14. The van der Waals surface area contributed by atoms with Crippen LogP contribution in [0, 0.1) is 0 Å². The molecule has 0 aliphatic heterocycles. The molecule has 2 atom stereocenters. The molecule has 21 heavy (non-hydrogen) atoms. The highest BCUT2D eigenvalue weighted by molar-refractivity contribution is 7.10. The van der Waals surface area contributed by atoms with Crippen molar-refractivity contribution in [3.05, 3.63) is 38.8 Å². The van der Waals surface area contributed by atoms with Crippen LogP contribution in [0.2, 0.25) is 5.02 Å². The molecule has 0 spiro atoms. The summed E-state index contributed by atoms with van der Waals surface area (Å²) in [5, 5.41) is 17.8. The first-order valence-corrected chi connectivity index (χ1v) is 8.42. The second-order valence-corrected chi connectivity index (χ2v) is 6.74. The second-order valence-electron chi connectivity index (χ2n) is 5.34. The number of nitrogens with zero attached hydrogens (tertiary/aromatic N) is 2. The van der Waals surface area contributed by atoms with Gasteiger partial charge in [-0.15, -0.1) is 11.3 Å². The SMILES string of the molecule is COCCn1ncc(Cl)c1C(O)C1CCCc2sccc21. The third-order valence-corrected chi connectivity index (χ3v) is 5.39. The van der Waals surface area contributed by atoms with Gasteiger partial charge in [-0.25, -0.2) is 0 Å². The zero-order chi connectivity index (χ0) is 14.8. The molecule has 2 aromatic heterocycles. The lowest BCUT2D eigenvalue weighted by atomic mass is 9.83. The van der Waals surface area contributed by atoms with Gasteiger partial charge in [0.1, 0.15) is 6.10 Å². The molecule has 4 nitrogen and oxygen atoms in total. The minimum absolute atomic E-state index is 0.107. The van der Waals surface area contributed by atoms with E-state index in [0.717, 1.165) is 19.3 Å². The summed E-state index contributed by atoms with van der Waals surface area (Å²) in [7, 11) is 1.65. The smallest absolute Gasteiger partial charge is 0.104 e. The van der Waals surface area contributed by atoms with Crippen molar-refractivity contribution in [2.24, 2.45) is 0 Å². The normalized spacial score (nSPS) is 19.5. The minimum atomic E-state index is -0.620. The lowest BCUT2D eigenvalue weighted by Gasteiger charge is -2.28. The van der Waals surface area contributed by atoms with Gasteiger partial charge in [-0.2, -0.15) is 5.10 Å². The quantitative estimate of drug-likeness (QED) is 0.916. The second kappa shape index (κ2) is 6.48. The van der Waals surface area contributed by atoms with E-state index in [9.17, 15) is 5.11 Å². The van der Waals surface area contributed by atoms with Crippen molar-refractivity contribution in [1.82, 2.24) is 9.78 Å². The minimum Gasteiger partial charge on any atom is -0.386 e. The Morgan fingerprint density at radius 3 is 3.29 bits per heavy atom. The van der Waals surface area contributed by atoms with Crippen LogP contribution in [0.1, 0.15) is 41.0 Å². The van der Waals surface area contributed by atoms with Crippen molar-refractivity contribution < 1.29 is 9.84 Å². The zero-order valence-corrected chi connectivity index (χ0v) is 13.5. The fraction of sp³-hybridized carbons (Fsp3) is 0.533. The van der Waals surface area contributed by atoms with Crippen LogP contribution >= 0.6 is 22.9 Å². The summed E-state index contributed by atoms with van der Waals surface area (Å²) in [4.78, 5) is 1.39. The van der Waals surface area contributed by atoms with Crippen molar-refractivity contribution in [3.8, 4) is 0 Å². The molecule has 0 saturated heterocycles. The third kappa shape index (κ3) is 2.88. The van der Waals surface area contributed by atoms with Gasteiger partial charge in [-0.05, 0) is 36.3 Å². The predicted molar refractivity (Wildman–Crippen MR) is 84.1 cm³/mol. The molecule has 1 aliphatic rings. The monoisotopic (exact) mass is 326 g/mol. The van der Waals surface area contributed by atoms with Crippen LogP contribution in [0.25, 0.3) is 0 Å². The maximum atomic E-state index is 10.9. The zero-order valence-electron chi connectivity index (χ0n) is 12.0. The average Bonchev–Trinajstić information content (AvgIpc) is 3.10. The van der Waals surface area contributed by atoms with Crippen LogP contribution in [0.3, 0.4) is 0 Å². The van der Waals surface area contributed by atoms with E-state index in [0.29, 0.717) is 23.9 Å². The molecule has 1 aliphatic carbocycles. The van der Waals surface area contributed by atoms with Gasteiger partial charge in [0.15, 0.2) is 0 Å². The predicted octanol–water partition coefficient (Wildman–Crippen LogP) is 3.40. The fourth-order valence-electron chi connectivity index (χ4n) is 3.06. The number of methoxy groups -OCH3 is 1. The number of fused-ring (bicyclic) bond motifs is 1. The van der Waals surface area contributed by atoms with Crippen LogP contribution in [-0.4, -0.2) is 28.6 Å². The van der Waals surface area contributed by atoms with Crippen LogP contribution < -0.4 is 0 Å². The van der Waals surface area contributed by atoms with E-state index in [2.05, 4.69) is 16.5 Å². The summed E-state index contributed by atoms with van der Waals surface area (Å²) >= 11 is 8.04. The van der Waals surface area contributed by atoms with E-state index in [-0.39, 0.29) is 5.92 Å². The molecule has 2 aromatic rings. The lowest BCUT2D eigenvalue weighted by molar-refractivity contribution is 0.121. The molecule has 0 bridgehead atoms. The molecular formula is C15H19ClN2O2S. The van der Waals surface area contributed by atoms with E-state index in [1.54, 1.807) is 29.3 Å². The van der Waals surface area contributed by atoms with Gasteiger partial charge in [0.25, 0.3) is 0 Å². The van der Waals surface area contributed by atoms with Gasteiger partial charge in [0.2, 0.25) is 0 Å². The number of aromatic nitrogens is 2. The molecule has 0 radical (unpaired) electrons. The van der Waals surface area contributed by atoms with Crippen molar-refractivity contribution in [2.75, 3.05) is 13.7 Å². The first kappa shape index (κ1) is 15.0. The highest BCUT2D eigenvalue weighted by Crippen LogP contribution is 2.43. The van der Waals surface area contributed by atoms with Crippen LogP contribution in [0.5, 0.6) is 0 Å². The molecule has 0 fully saturated rings. The summed E-state index contributed by atoms with van der Waals surface area (Å²) in [6.45, 7) is 1.14. The first-order valence-electron chi connectivity index (χ1n) is 7.17. The van der Waals surface area contributed by atoms with Crippen molar-refractivity contribution in [2.45, 2.75) is 37.8 Å². The Labute approximate surface area is 133 Å². The Morgan fingerprint density at radius 2 is 2.48 bits per heavy atom. The Hall–Kier alpha value is -0.880. The molecule has 0 aromatic carbocycles. The van der Waals surface area contributed by atoms with E-state index >= 15 is 0 Å². The molecular weight excluding hydrogens is 308 g/mol. The fourth-order valence-corrected chi connectivity index (χ4v) is 4.31. The summed E-state index contributed by atoms with van der Waals surface area (Å²) < 4.78 is 6.86. The van der Waals surface area contributed by atoms with E-state index in [4.69, 9.17) is 16.3 Å². The van der Waals surface area contributed by atoms with E-state index in [1.165, 1.54) is 10.4 Å². The summed E-state index contributed by atoms with van der Waals surface area (Å²) in [5.74, 6) is 0.107. The van der Waals surface area contributed by atoms with Gasteiger partial charge in [0, 0.05) is 17.9 Å². The molecule has 2 unspecified atom stereocenters. The Balaban J connectivity index is 1.89. The van der Waals surface area contributed by atoms with Gasteiger partial charge in [0.05, 0.1) is 30.1 Å². The molecule has 1 N–H and O–H groups in total.